The number of pyridine rings is 1. The van der Waals surface area contributed by atoms with Gasteiger partial charge in [0.25, 0.3) is 5.91 Å². The first kappa shape index (κ1) is 17.0. The molecule has 0 radical (unpaired) electrons. The Kier molecular flexibility index (Phi) is 4.42. The molecule has 1 aliphatic heterocycles. The molecular formula is C20H19N5O2. The average molecular weight is 361 g/mol. The minimum absolute atomic E-state index is 0.0652. The highest BCUT2D eigenvalue weighted by atomic mass is 16.2. The van der Waals surface area contributed by atoms with Crippen LogP contribution in [-0.2, 0) is 4.79 Å². The van der Waals surface area contributed by atoms with Gasteiger partial charge in [0.05, 0.1) is 11.9 Å². The normalized spacial score (nSPS) is 14.5. The second-order valence-electron chi connectivity index (χ2n) is 6.44. The summed E-state index contributed by atoms with van der Waals surface area (Å²) >= 11 is 0. The van der Waals surface area contributed by atoms with E-state index in [1.54, 1.807) is 35.4 Å². The van der Waals surface area contributed by atoms with Gasteiger partial charge in [-0.2, -0.15) is 0 Å². The van der Waals surface area contributed by atoms with Crippen molar-refractivity contribution in [3.8, 4) is 17.1 Å². The van der Waals surface area contributed by atoms with Crippen LogP contribution in [0.3, 0.4) is 0 Å². The van der Waals surface area contributed by atoms with E-state index in [1.807, 2.05) is 47.0 Å². The maximum absolute atomic E-state index is 12.9. The summed E-state index contributed by atoms with van der Waals surface area (Å²) in [6, 6.07) is 13.4. The molecule has 0 bridgehead atoms. The van der Waals surface area contributed by atoms with Crippen molar-refractivity contribution in [2.24, 2.45) is 0 Å². The first-order chi connectivity index (χ1) is 13.1. The van der Waals surface area contributed by atoms with Crippen LogP contribution in [0.25, 0.3) is 17.1 Å². The highest BCUT2D eigenvalue weighted by molar-refractivity contribution is 5.96. The zero-order valence-electron chi connectivity index (χ0n) is 14.9. The average Bonchev–Trinajstić information content (AvgIpc) is 3.16. The molecule has 2 amide bonds. The minimum Gasteiger partial charge on any atom is -0.342 e. The Hall–Kier alpha value is -3.48. The maximum atomic E-state index is 12.9. The molecule has 0 spiro atoms. The lowest BCUT2D eigenvalue weighted by Gasteiger charge is -2.31. The molecule has 7 heteroatoms. The number of rotatable bonds is 3. The molecule has 2 aromatic heterocycles. The Balaban J connectivity index is 1.73. The zero-order chi connectivity index (χ0) is 18.8. The third-order valence-electron chi connectivity index (χ3n) is 4.63. The lowest BCUT2D eigenvalue weighted by molar-refractivity contribution is -0.133. The second-order valence-corrected chi connectivity index (χ2v) is 6.44. The Bertz CT molecular complexity index is 912. The molecule has 3 heterocycles. The Labute approximate surface area is 156 Å². The summed E-state index contributed by atoms with van der Waals surface area (Å²) < 4.78 is 1.85. The highest BCUT2D eigenvalue weighted by Gasteiger charge is 2.28. The van der Waals surface area contributed by atoms with Crippen molar-refractivity contribution in [3.05, 3.63) is 66.7 Å². The van der Waals surface area contributed by atoms with Crippen LogP contribution in [0.5, 0.6) is 0 Å². The van der Waals surface area contributed by atoms with Crippen molar-refractivity contribution in [1.29, 1.82) is 0 Å². The standard InChI is InChI=1S/C20H19N5O2/c1-23-10-11-24(14-18(23)26)20(27)17-13-25(16-8-5-9-21-12-16)19(22-17)15-6-3-2-4-7-15/h2-9,12-13H,10-11,14H2,1H3. The van der Waals surface area contributed by atoms with Crippen LogP contribution in [0.15, 0.2) is 61.1 Å². The first-order valence-corrected chi connectivity index (χ1v) is 8.72. The number of hydrogen-bond donors (Lipinski definition) is 0. The topological polar surface area (TPSA) is 71.3 Å². The van der Waals surface area contributed by atoms with Crippen LogP contribution < -0.4 is 0 Å². The van der Waals surface area contributed by atoms with Crippen molar-refractivity contribution in [2.75, 3.05) is 26.7 Å². The fourth-order valence-corrected chi connectivity index (χ4v) is 3.06. The summed E-state index contributed by atoms with van der Waals surface area (Å²) in [7, 11) is 1.74. The monoisotopic (exact) mass is 361 g/mol. The van der Waals surface area contributed by atoms with Gasteiger partial charge in [0.1, 0.15) is 18.1 Å². The summed E-state index contributed by atoms with van der Waals surface area (Å²) in [5, 5.41) is 0. The van der Waals surface area contributed by atoms with E-state index >= 15 is 0 Å². The van der Waals surface area contributed by atoms with Crippen LogP contribution in [0.1, 0.15) is 10.5 Å². The number of piperazine rings is 1. The molecule has 1 aromatic carbocycles. The summed E-state index contributed by atoms with van der Waals surface area (Å²) in [6.07, 6.45) is 5.14. The Morgan fingerprint density at radius 3 is 2.59 bits per heavy atom. The number of nitrogens with zero attached hydrogens (tertiary/aromatic N) is 5. The van der Waals surface area contributed by atoms with Gasteiger partial charge in [-0.25, -0.2) is 4.98 Å². The maximum Gasteiger partial charge on any atom is 0.274 e. The third kappa shape index (κ3) is 3.31. The van der Waals surface area contributed by atoms with Gasteiger partial charge in [0.15, 0.2) is 0 Å². The van der Waals surface area contributed by atoms with E-state index < -0.39 is 0 Å². The van der Waals surface area contributed by atoms with Crippen molar-refractivity contribution in [3.63, 3.8) is 0 Å². The predicted octanol–water partition coefficient (Wildman–Crippen LogP) is 1.85. The molecule has 7 nitrogen and oxygen atoms in total. The van der Waals surface area contributed by atoms with Gasteiger partial charge in [0.2, 0.25) is 5.91 Å². The quantitative estimate of drug-likeness (QED) is 0.714. The number of likely N-dealkylation sites (N-methyl/N-ethyl adjacent to an activating group) is 1. The molecule has 0 unspecified atom stereocenters. The van der Waals surface area contributed by atoms with Gasteiger partial charge in [-0.15, -0.1) is 0 Å². The number of carbonyl (C=O) groups excluding carboxylic acids is 2. The van der Waals surface area contributed by atoms with E-state index in [1.165, 1.54) is 0 Å². The Morgan fingerprint density at radius 2 is 1.89 bits per heavy atom. The smallest absolute Gasteiger partial charge is 0.274 e. The van der Waals surface area contributed by atoms with Gasteiger partial charge >= 0.3 is 0 Å². The molecule has 0 atom stereocenters. The third-order valence-corrected chi connectivity index (χ3v) is 4.63. The fraction of sp³-hybridized carbons (Fsp3) is 0.200. The number of benzene rings is 1. The molecule has 4 rings (SSSR count). The lowest BCUT2D eigenvalue weighted by Crippen LogP contribution is -2.50. The summed E-state index contributed by atoms with van der Waals surface area (Å²) in [6.45, 7) is 1.11. The highest BCUT2D eigenvalue weighted by Crippen LogP contribution is 2.23. The van der Waals surface area contributed by atoms with E-state index in [4.69, 9.17) is 0 Å². The van der Waals surface area contributed by atoms with Gasteiger partial charge in [-0.05, 0) is 12.1 Å². The molecule has 27 heavy (non-hydrogen) atoms. The lowest BCUT2D eigenvalue weighted by atomic mass is 10.2. The Morgan fingerprint density at radius 1 is 1.07 bits per heavy atom. The van der Waals surface area contributed by atoms with E-state index in [9.17, 15) is 9.59 Å². The van der Waals surface area contributed by atoms with Crippen molar-refractivity contribution >= 4 is 11.8 Å². The van der Waals surface area contributed by atoms with E-state index in [2.05, 4.69) is 9.97 Å². The molecule has 0 saturated carbocycles. The molecule has 1 saturated heterocycles. The second kappa shape index (κ2) is 7.03. The molecule has 0 aliphatic carbocycles. The van der Waals surface area contributed by atoms with Crippen molar-refractivity contribution in [2.45, 2.75) is 0 Å². The van der Waals surface area contributed by atoms with Crippen LogP contribution in [0.2, 0.25) is 0 Å². The molecular weight excluding hydrogens is 342 g/mol. The SMILES string of the molecule is CN1CCN(C(=O)c2cn(-c3cccnc3)c(-c3ccccc3)n2)CC1=O. The molecule has 0 N–H and O–H groups in total. The van der Waals surface area contributed by atoms with Crippen LogP contribution in [-0.4, -0.2) is 62.8 Å². The van der Waals surface area contributed by atoms with Crippen molar-refractivity contribution in [1.82, 2.24) is 24.3 Å². The summed E-state index contributed by atoms with van der Waals surface area (Å²) in [5.41, 5.74) is 2.03. The summed E-state index contributed by atoms with van der Waals surface area (Å²) in [5.74, 6) is 0.355. The molecule has 3 aromatic rings. The van der Waals surface area contributed by atoms with Gasteiger partial charge in [-0.3, -0.25) is 19.1 Å². The van der Waals surface area contributed by atoms with Crippen LogP contribution in [0.4, 0.5) is 0 Å². The number of hydrogen-bond acceptors (Lipinski definition) is 4. The first-order valence-electron chi connectivity index (χ1n) is 8.72. The van der Waals surface area contributed by atoms with E-state index in [0.29, 0.717) is 24.6 Å². The van der Waals surface area contributed by atoms with Gasteiger partial charge in [0, 0.05) is 38.1 Å². The predicted molar refractivity (Wildman–Crippen MR) is 100 cm³/mol. The van der Waals surface area contributed by atoms with E-state index in [-0.39, 0.29) is 18.4 Å². The minimum atomic E-state index is -0.240. The van der Waals surface area contributed by atoms with Gasteiger partial charge < -0.3 is 9.80 Å². The van der Waals surface area contributed by atoms with Gasteiger partial charge in [-0.1, -0.05) is 30.3 Å². The zero-order valence-corrected chi connectivity index (χ0v) is 14.9. The number of carbonyl (C=O) groups is 2. The van der Waals surface area contributed by atoms with Crippen molar-refractivity contribution < 1.29 is 9.59 Å². The molecule has 136 valence electrons. The summed E-state index contributed by atoms with van der Waals surface area (Å²) in [4.78, 5) is 36.8. The van der Waals surface area contributed by atoms with E-state index in [0.717, 1.165) is 11.3 Å². The largest absolute Gasteiger partial charge is 0.342 e. The van der Waals surface area contributed by atoms with Crippen LogP contribution >= 0.6 is 0 Å². The number of imidazole rings is 1. The number of aromatic nitrogens is 3. The molecule has 1 fully saturated rings. The van der Waals surface area contributed by atoms with Crippen LogP contribution in [0, 0.1) is 0 Å². The molecule has 1 aliphatic rings. The number of amides is 2. The fourth-order valence-electron chi connectivity index (χ4n) is 3.06.